The van der Waals surface area contributed by atoms with E-state index in [4.69, 9.17) is 9.47 Å². The Labute approximate surface area is 166 Å². The highest BCUT2D eigenvalue weighted by Gasteiger charge is 2.29. The minimum absolute atomic E-state index is 0.120. The summed E-state index contributed by atoms with van der Waals surface area (Å²) in [5.74, 6) is -1.03. The van der Waals surface area contributed by atoms with E-state index in [1.54, 1.807) is 34.6 Å². The number of aromatic amines is 1. The van der Waals surface area contributed by atoms with Crippen molar-refractivity contribution in [1.29, 1.82) is 0 Å². The highest BCUT2D eigenvalue weighted by atomic mass is 16.6. The van der Waals surface area contributed by atoms with E-state index in [-0.39, 0.29) is 23.7 Å². The first-order valence-electron chi connectivity index (χ1n) is 10.0. The molecule has 1 fully saturated rings. The molecule has 0 radical (unpaired) electrons. The highest BCUT2D eigenvalue weighted by Crippen LogP contribution is 2.24. The summed E-state index contributed by atoms with van der Waals surface area (Å²) in [5.41, 5.74) is 1.48. The zero-order chi connectivity index (χ0) is 21.0. The number of ether oxygens (including phenoxy) is 2. The lowest BCUT2D eigenvalue weighted by molar-refractivity contribution is -0.130. The van der Waals surface area contributed by atoms with Crippen molar-refractivity contribution in [3.05, 3.63) is 22.5 Å². The van der Waals surface area contributed by atoms with Gasteiger partial charge in [-0.3, -0.25) is 4.79 Å². The van der Waals surface area contributed by atoms with Crippen molar-refractivity contribution < 1.29 is 23.9 Å². The van der Waals surface area contributed by atoms with Crippen molar-refractivity contribution in [3.63, 3.8) is 0 Å². The Morgan fingerprint density at radius 1 is 1.04 bits per heavy atom. The fourth-order valence-electron chi connectivity index (χ4n) is 3.64. The van der Waals surface area contributed by atoms with Crippen molar-refractivity contribution in [2.75, 3.05) is 0 Å². The van der Waals surface area contributed by atoms with Crippen LogP contribution in [-0.4, -0.2) is 41.1 Å². The summed E-state index contributed by atoms with van der Waals surface area (Å²) >= 11 is 0. The van der Waals surface area contributed by atoms with E-state index in [0.717, 1.165) is 19.3 Å². The maximum absolute atomic E-state index is 12.6. The summed E-state index contributed by atoms with van der Waals surface area (Å²) in [7, 11) is 0. The van der Waals surface area contributed by atoms with E-state index >= 15 is 0 Å². The predicted molar refractivity (Wildman–Crippen MR) is 105 cm³/mol. The number of H-pyrrole nitrogens is 1. The molecular formula is C21H32N2O5. The first kappa shape index (κ1) is 22.0. The van der Waals surface area contributed by atoms with E-state index < -0.39 is 18.0 Å². The SMILES string of the molecule is Cc1[nH]c(C(=O)O[C@@H](C)C(=O)N[C@@H]2CCCC[C@@H]2C)c(C)c1C(=O)OC(C)C. The number of carbonyl (C=O) groups is 3. The van der Waals surface area contributed by atoms with Crippen LogP contribution in [0.25, 0.3) is 0 Å². The quantitative estimate of drug-likeness (QED) is 0.723. The molecule has 1 heterocycles. The minimum atomic E-state index is -0.921. The number of nitrogens with one attached hydrogen (secondary N) is 2. The molecule has 1 aromatic rings. The first-order chi connectivity index (χ1) is 13.1. The number of amides is 1. The number of hydrogen-bond acceptors (Lipinski definition) is 5. The van der Waals surface area contributed by atoms with Gasteiger partial charge in [0.05, 0.1) is 11.7 Å². The fourth-order valence-corrected chi connectivity index (χ4v) is 3.64. The molecule has 156 valence electrons. The number of carbonyl (C=O) groups excluding carboxylic acids is 3. The van der Waals surface area contributed by atoms with Gasteiger partial charge in [-0.05, 0) is 58.9 Å². The van der Waals surface area contributed by atoms with Gasteiger partial charge < -0.3 is 19.8 Å². The van der Waals surface area contributed by atoms with Crippen LogP contribution in [0.4, 0.5) is 0 Å². The number of hydrogen-bond donors (Lipinski definition) is 2. The summed E-state index contributed by atoms with van der Waals surface area (Å²) in [5, 5.41) is 3.00. The fraction of sp³-hybridized carbons (Fsp3) is 0.667. The zero-order valence-electron chi connectivity index (χ0n) is 17.7. The molecular weight excluding hydrogens is 360 g/mol. The minimum Gasteiger partial charge on any atom is -0.459 e. The third-order valence-electron chi connectivity index (χ3n) is 5.28. The summed E-state index contributed by atoms with van der Waals surface area (Å²) < 4.78 is 10.6. The Hall–Kier alpha value is -2.31. The molecule has 0 spiro atoms. The van der Waals surface area contributed by atoms with Crippen LogP contribution in [0.1, 0.15) is 85.5 Å². The summed E-state index contributed by atoms with van der Waals surface area (Å²) in [6.45, 7) is 10.6. The number of esters is 2. The lowest BCUT2D eigenvalue weighted by Gasteiger charge is -2.30. The van der Waals surface area contributed by atoms with Gasteiger partial charge in [0.1, 0.15) is 5.69 Å². The van der Waals surface area contributed by atoms with Crippen molar-refractivity contribution in [2.45, 2.75) is 85.5 Å². The predicted octanol–water partition coefficient (Wildman–Crippen LogP) is 3.44. The molecule has 7 heteroatoms. The monoisotopic (exact) mass is 392 g/mol. The molecule has 7 nitrogen and oxygen atoms in total. The number of rotatable bonds is 6. The van der Waals surface area contributed by atoms with Crippen LogP contribution in [0.5, 0.6) is 0 Å². The molecule has 1 aliphatic rings. The van der Waals surface area contributed by atoms with Gasteiger partial charge in [0.15, 0.2) is 6.10 Å². The lowest BCUT2D eigenvalue weighted by Crippen LogP contribution is -2.46. The first-order valence-corrected chi connectivity index (χ1v) is 10.0. The van der Waals surface area contributed by atoms with Crippen LogP contribution < -0.4 is 5.32 Å². The second-order valence-electron chi connectivity index (χ2n) is 8.00. The maximum atomic E-state index is 12.6. The van der Waals surface area contributed by atoms with Gasteiger partial charge in [0.25, 0.3) is 5.91 Å². The zero-order valence-corrected chi connectivity index (χ0v) is 17.7. The second kappa shape index (κ2) is 9.26. The van der Waals surface area contributed by atoms with Gasteiger partial charge in [-0.25, -0.2) is 9.59 Å². The van der Waals surface area contributed by atoms with Crippen LogP contribution in [0.2, 0.25) is 0 Å². The molecule has 3 atom stereocenters. The van der Waals surface area contributed by atoms with Crippen LogP contribution in [0, 0.1) is 19.8 Å². The molecule has 1 aliphatic carbocycles. The average Bonchev–Trinajstić information content (AvgIpc) is 2.90. The van der Waals surface area contributed by atoms with Crippen molar-refractivity contribution in [1.82, 2.24) is 10.3 Å². The highest BCUT2D eigenvalue weighted by molar-refractivity contribution is 5.99. The molecule has 0 aromatic carbocycles. The smallest absolute Gasteiger partial charge is 0.355 e. The lowest BCUT2D eigenvalue weighted by atomic mass is 9.86. The summed E-state index contributed by atoms with van der Waals surface area (Å²) in [4.78, 5) is 40.1. The van der Waals surface area contributed by atoms with Crippen LogP contribution in [0.15, 0.2) is 0 Å². The Morgan fingerprint density at radius 2 is 1.68 bits per heavy atom. The van der Waals surface area contributed by atoms with Crippen molar-refractivity contribution in [3.8, 4) is 0 Å². The van der Waals surface area contributed by atoms with Crippen molar-refractivity contribution >= 4 is 17.8 Å². The van der Waals surface area contributed by atoms with Gasteiger partial charge in [-0.2, -0.15) is 0 Å². The van der Waals surface area contributed by atoms with Gasteiger partial charge in [0.2, 0.25) is 0 Å². The Kier molecular flexibility index (Phi) is 7.27. The number of aryl methyl sites for hydroxylation is 1. The van der Waals surface area contributed by atoms with Gasteiger partial charge in [-0.15, -0.1) is 0 Å². The molecule has 0 unspecified atom stereocenters. The molecule has 0 aliphatic heterocycles. The number of aromatic nitrogens is 1. The van der Waals surface area contributed by atoms with Crippen LogP contribution >= 0.6 is 0 Å². The van der Waals surface area contributed by atoms with E-state index in [1.165, 1.54) is 6.42 Å². The molecule has 28 heavy (non-hydrogen) atoms. The van der Waals surface area contributed by atoms with E-state index in [9.17, 15) is 14.4 Å². The Balaban J connectivity index is 2.03. The molecule has 2 N–H and O–H groups in total. The van der Waals surface area contributed by atoms with E-state index in [1.807, 2.05) is 0 Å². The maximum Gasteiger partial charge on any atom is 0.355 e. The van der Waals surface area contributed by atoms with Crippen LogP contribution in [-0.2, 0) is 14.3 Å². The molecule has 0 bridgehead atoms. The second-order valence-corrected chi connectivity index (χ2v) is 8.00. The van der Waals surface area contributed by atoms with E-state index in [2.05, 4.69) is 17.2 Å². The third-order valence-corrected chi connectivity index (χ3v) is 5.28. The molecule has 1 amide bonds. The summed E-state index contributed by atoms with van der Waals surface area (Å²) in [6.07, 6.45) is 3.14. The molecule has 1 saturated carbocycles. The van der Waals surface area contributed by atoms with Gasteiger partial charge >= 0.3 is 11.9 Å². The average molecular weight is 392 g/mol. The normalized spacial score (nSPS) is 20.5. The summed E-state index contributed by atoms with van der Waals surface area (Å²) in [6, 6.07) is 0.120. The molecule has 0 saturated heterocycles. The Morgan fingerprint density at radius 3 is 2.29 bits per heavy atom. The molecule has 2 rings (SSSR count). The van der Waals surface area contributed by atoms with Crippen molar-refractivity contribution in [2.24, 2.45) is 5.92 Å². The van der Waals surface area contributed by atoms with E-state index in [0.29, 0.717) is 22.7 Å². The van der Waals surface area contributed by atoms with Crippen LogP contribution in [0.3, 0.4) is 0 Å². The van der Waals surface area contributed by atoms with Gasteiger partial charge in [0, 0.05) is 11.7 Å². The Bertz CT molecular complexity index is 737. The largest absolute Gasteiger partial charge is 0.459 e. The molecule has 1 aromatic heterocycles. The standard InChI is InChI=1S/C21H32N2O5/c1-11(2)27-20(25)17-13(4)18(22-14(17)5)21(26)28-15(6)19(24)23-16-10-8-7-9-12(16)3/h11-12,15-16,22H,7-10H2,1-6H3,(H,23,24)/t12-,15-,16+/m0/s1. The van der Waals surface area contributed by atoms with Gasteiger partial charge in [-0.1, -0.05) is 19.8 Å². The third kappa shape index (κ3) is 5.14. The topological polar surface area (TPSA) is 97.5 Å².